The van der Waals surface area contributed by atoms with Crippen LogP contribution >= 0.6 is 11.3 Å². The molecule has 0 spiro atoms. The minimum Gasteiger partial charge on any atom is -0.409 e. The molecule has 0 fully saturated rings. The highest BCUT2D eigenvalue weighted by Gasteiger charge is 2.29. The van der Waals surface area contributed by atoms with Crippen LogP contribution in [0.5, 0.6) is 0 Å². The summed E-state index contributed by atoms with van der Waals surface area (Å²) in [6, 6.07) is -0.308. The number of amidine groups is 1. The van der Waals surface area contributed by atoms with Gasteiger partial charge in [0.2, 0.25) is 0 Å². The van der Waals surface area contributed by atoms with Crippen molar-refractivity contribution in [2.45, 2.75) is 31.0 Å². The first-order chi connectivity index (χ1) is 8.28. The summed E-state index contributed by atoms with van der Waals surface area (Å²) in [5, 5.41) is 12.0. The first-order valence-corrected chi connectivity index (χ1v) is 7.45. The average molecular weight is 292 g/mol. The van der Waals surface area contributed by atoms with Crippen molar-refractivity contribution in [3.05, 3.63) is 11.2 Å². The fourth-order valence-electron chi connectivity index (χ4n) is 1.31. The van der Waals surface area contributed by atoms with Gasteiger partial charge in [0.05, 0.1) is 17.7 Å². The molecule has 0 aliphatic heterocycles. The Morgan fingerprint density at radius 3 is 2.67 bits per heavy atom. The topological polar surface area (TPSA) is 109 Å². The molecule has 0 bridgehead atoms. The van der Waals surface area contributed by atoms with Gasteiger partial charge in [-0.25, -0.2) is 13.4 Å². The molecular weight excluding hydrogens is 276 g/mol. The Morgan fingerprint density at radius 2 is 2.28 bits per heavy atom. The second kappa shape index (κ2) is 5.63. The number of hydrogen-bond donors (Lipinski definition) is 2. The van der Waals surface area contributed by atoms with Gasteiger partial charge in [0.1, 0.15) is 0 Å². The lowest BCUT2D eigenvalue weighted by Crippen LogP contribution is -2.42. The van der Waals surface area contributed by atoms with Gasteiger partial charge in [-0.15, -0.1) is 11.3 Å². The third-order valence-electron chi connectivity index (χ3n) is 2.19. The Labute approximate surface area is 110 Å². The number of sulfonamides is 1. The molecule has 0 radical (unpaired) electrons. The van der Waals surface area contributed by atoms with Gasteiger partial charge in [-0.1, -0.05) is 5.16 Å². The number of nitrogens with two attached hydrogens (primary N) is 1. The fraction of sp³-hybridized carbons (Fsp3) is 0.556. The van der Waals surface area contributed by atoms with E-state index in [1.165, 1.54) is 6.20 Å². The van der Waals surface area contributed by atoms with Crippen LogP contribution in [0.2, 0.25) is 0 Å². The van der Waals surface area contributed by atoms with Crippen LogP contribution in [0.4, 0.5) is 0 Å². The molecule has 0 amide bonds. The minimum atomic E-state index is -3.67. The van der Waals surface area contributed by atoms with E-state index in [9.17, 15) is 8.42 Å². The van der Waals surface area contributed by atoms with Crippen molar-refractivity contribution >= 4 is 27.2 Å². The zero-order chi connectivity index (χ0) is 13.9. The van der Waals surface area contributed by atoms with Crippen molar-refractivity contribution in [3.63, 3.8) is 0 Å². The van der Waals surface area contributed by atoms with Gasteiger partial charge >= 0.3 is 0 Å². The summed E-state index contributed by atoms with van der Waals surface area (Å²) in [7, 11) is -3.67. The van der Waals surface area contributed by atoms with Gasteiger partial charge in [-0.3, -0.25) is 0 Å². The van der Waals surface area contributed by atoms with Crippen LogP contribution in [-0.2, 0) is 10.0 Å². The molecular formula is C9H16N4O3S2. The third kappa shape index (κ3) is 3.18. The lowest BCUT2D eigenvalue weighted by atomic mass is 10.4. The van der Waals surface area contributed by atoms with Crippen molar-refractivity contribution in [2.24, 2.45) is 10.9 Å². The Hall–Kier alpha value is -1.19. The predicted octanol–water partition coefficient (Wildman–Crippen LogP) is 0.597. The number of thiazole rings is 1. The summed E-state index contributed by atoms with van der Waals surface area (Å²) in [6.07, 6.45) is 1.32. The Morgan fingerprint density at radius 1 is 1.67 bits per heavy atom. The maximum Gasteiger partial charge on any atom is 0.254 e. The lowest BCUT2D eigenvalue weighted by molar-refractivity contribution is 0.312. The van der Waals surface area contributed by atoms with E-state index in [1.54, 1.807) is 20.8 Å². The molecule has 0 aliphatic rings. The van der Waals surface area contributed by atoms with Gasteiger partial charge in [0.25, 0.3) is 10.0 Å². The molecule has 1 aromatic heterocycles. The minimum absolute atomic E-state index is 0.152. The second-order valence-corrected chi connectivity index (χ2v) is 7.29. The smallest absolute Gasteiger partial charge is 0.254 e. The molecule has 102 valence electrons. The normalized spacial score (nSPS) is 13.5. The van der Waals surface area contributed by atoms with E-state index in [4.69, 9.17) is 10.9 Å². The summed E-state index contributed by atoms with van der Waals surface area (Å²) < 4.78 is 26.0. The highest BCUT2D eigenvalue weighted by atomic mass is 32.2. The standard InChI is InChI=1S/C9H16N4O3S2/c1-6(2)13(5-8(10)12-14)18(15,16)9-4-11-7(3)17-9/h4,6,14H,5H2,1-3H3,(H2,10,12). The van der Waals surface area contributed by atoms with Crippen molar-refractivity contribution in [1.29, 1.82) is 0 Å². The quantitative estimate of drug-likeness (QED) is 0.357. The van der Waals surface area contributed by atoms with Crippen molar-refractivity contribution in [2.75, 3.05) is 6.54 Å². The van der Waals surface area contributed by atoms with Crippen molar-refractivity contribution in [1.82, 2.24) is 9.29 Å². The maximum atomic E-state index is 12.3. The number of oxime groups is 1. The lowest BCUT2D eigenvalue weighted by Gasteiger charge is -2.24. The zero-order valence-corrected chi connectivity index (χ0v) is 12.0. The summed E-state index contributed by atoms with van der Waals surface area (Å²) >= 11 is 1.09. The van der Waals surface area contributed by atoms with Gasteiger partial charge < -0.3 is 10.9 Å². The fourth-order valence-corrected chi connectivity index (χ4v) is 4.16. The molecule has 1 aromatic rings. The molecule has 0 aromatic carbocycles. The third-order valence-corrected chi connectivity index (χ3v) is 5.56. The molecule has 3 N–H and O–H groups in total. The largest absolute Gasteiger partial charge is 0.409 e. The van der Waals surface area contributed by atoms with E-state index in [-0.39, 0.29) is 22.6 Å². The van der Waals surface area contributed by atoms with Gasteiger partial charge in [-0.05, 0) is 20.8 Å². The van der Waals surface area contributed by atoms with Crippen molar-refractivity contribution in [3.8, 4) is 0 Å². The van der Waals surface area contributed by atoms with Crippen LogP contribution in [-0.4, -0.2) is 41.3 Å². The average Bonchev–Trinajstić information content (AvgIpc) is 2.72. The van der Waals surface area contributed by atoms with Crippen LogP contribution < -0.4 is 5.73 Å². The monoisotopic (exact) mass is 292 g/mol. The predicted molar refractivity (Wildman–Crippen MR) is 69.3 cm³/mol. The van der Waals surface area contributed by atoms with E-state index in [0.29, 0.717) is 5.01 Å². The molecule has 0 saturated carbocycles. The van der Waals surface area contributed by atoms with Crippen molar-refractivity contribution < 1.29 is 13.6 Å². The van der Waals surface area contributed by atoms with Crippen LogP contribution in [0.15, 0.2) is 15.6 Å². The molecule has 0 saturated heterocycles. The first-order valence-electron chi connectivity index (χ1n) is 5.19. The van der Waals surface area contributed by atoms with E-state index in [0.717, 1.165) is 15.6 Å². The van der Waals surface area contributed by atoms with E-state index in [1.807, 2.05) is 0 Å². The highest BCUT2D eigenvalue weighted by molar-refractivity contribution is 7.91. The number of nitrogens with zero attached hydrogens (tertiary/aromatic N) is 3. The number of aryl methyl sites for hydroxylation is 1. The molecule has 0 aliphatic carbocycles. The highest BCUT2D eigenvalue weighted by Crippen LogP contribution is 2.23. The summed E-state index contributed by atoms with van der Waals surface area (Å²) in [4.78, 5) is 3.93. The first kappa shape index (κ1) is 14.9. The zero-order valence-electron chi connectivity index (χ0n) is 10.4. The van der Waals surface area contributed by atoms with Crippen LogP contribution in [0.3, 0.4) is 0 Å². The molecule has 7 nitrogen and oxygen atoms in total. The van der Waals surface area contributed by atoms with E-state index in [2.05, 4.69) is 10.1 Å². The van der Waals surface area contributed by atoms with Gasteiger partial charge in [-0.2, -0.15) is 4.31 Å². The Kier molecular flexibility index (Phi) is 4.65. The van der Waals surface area contributed by atoms with E-state index >= 15 is 0 Å². The maximum absolute atomic E-state index is 12.3. The summed E-state index contributed by atoms with van der Waals surface area (Å²) in [5.74, 6) is -0.159. The molecule has 0 atom stereocenters. The van der Waals surface area contributed by atoms with E-state index < -0.39 is 10.0 Å². The summed E-state index contributed by atoms with van der Waals surface area (Å²) in [5.41, 5.74) is 5.37. The molecule has 9 heteroatoms. The number of hydrogen-bond acceptors (Lipinski definition) is 6. The van der Waals surface area contributed by atoms with Gasteiger partial charge in [0, 0.05) is 6.04 Å². The molecule has 0 unspecified atom stereocenters. The Bertz CT molecular complexity index is 536. The van der Waals surface area contributed by atoms with Gasteiger partial charge in [0.15, 0.2) is 10.0 Å². The van der Waals surface area contributed by atoms with Crippen LogP contribution in [0.1, 0.15) is 18.9 Å². The SMILES string of the molecule is Cc1ncc(S(=O)(=O)N(CC(N)=NO)C(C)C)s1. The Balaban J connectivity index is 3.13. The summed E-state index contributed by atoms with van der Waals surface area (Å²) in [6.45, 7) is 5.01. The molecule has 1 rings (SSSR count). The second-order valence-electron chi connectivity index (χ2n) is 3.93. The number of rotatable bonds is 5. The molecule has 1 heterocycles. The molecule has 18 heavy (non-hydrogen) atoms. The van der Waals surface area contributed by atoms with Crippen LogP contribution in [0, 0.1) is 6.92 Å². The van der Waals surface area contributed by atoms with Crippen LogP contribution in [0.25, 0.3) is 0 Å². The number of aromatic nitrogens is 1.